The van der Waals surface area contributed by atoms with Crippen molar-refractivity contribution in [3.05, 3.63) is 23.0 Å². The number of unbranched alkanes of at least 4 members (excludes halogenated alkanes) is 1. The van der Waals surface area contributed by atoms with Crippen molar-refractivity contribution >= 4 is 23.4 Å². The van der Waals surface area contributed by atoms with E-state index in [4.69, 9.17) is 11.6 Å². The van der Waals surface area contributed by atoms with Crippen molar-refractivity contribution in [2.24, 2.45) is 0 Å². The van der Waals surface area contributed by atoms with Crippen LogP contribution in [0.25, 0.3) is 0 Å². The van der Waals surface area contributed by atoms with Gasteiger partial charge in [0.2, 0.25) is 0 Å². The van der Waals surface area contributed by atoms with Crippen LogP contribution >= 0.6 is 23.4 Å². The molecule has 72 valence electrons. The molecule has 0 N–H and O–H groups in total. The zero-order valence-electron chi connectivity index (χ0n) is 8.01. The molecule has 0 saturated carbocycles. The van der Waals surface area contributed by atoms with Gasteiger partial charge in [-0.2, -0.15) is 0 Å². The van der Waals surface area contributed by atoms with Crippen LogP contribution in [-0.2, 0) is 0 Å². The molecule has 0 aromatic carbocycles. The number of nitrogens with zero attached hydrogens (tertiary/aromatic N) is 1. The van der Waals surface area contributed by atoms with Crippen molar-refractivity contribution in [3.63, 3.8) is 0 Å². The first-order chi connectivity index (χ1) is 6.24. The van der Waals surface area contributed by atoms with Crippen molar-refractivity contribution < 1.29 is 0 Å². The molecule has 13 heavy (non-hydrogen) atoms. The fraction of sp³-hybridized carbons (Fsp3) is 0.500. The Bertz CT molecular complexity index is 276. The van der Waals surface area contributed by atoms with Crippen molar-refractivity contribution in [2.45, 2.75) is 31.6 Å². The van der Waals surface area contributed by atoms with Crippen LogP contribution in [0.2, 0.25) is 5.15 Å². The SMILES string of the molecule is CCCCSc1cc(Cl)ncc1C. The van der Waals surface area contributed by atoms with Gasteiger partial charge in [-0.25, -0.2) is 4.98 Å². The molecule has 3 heteroatoms. The van der Waals surface area contributed by atoms with Gasteiger partial charge in [0.05, 0.1) is 0 Å². The molecular weight excluding hydrogens is 202 g/mol. The molecule has 0 spiro atoms. The lowest BCUT2D eigenvalue weighted by Crippen LogP contribution is -1.85. The maximum atomic E-state index is 5.81. The predicted molar refractivity (Wildman–Crippen MR) is 59.6 cm³/mol. The smallest absolute Gasteiger partial charge is 0.130 e. The average molecular weight is 216 g/mol. The van der Waals surface area contributed by atoms with Crippen molar-refractivity contribution in [1.82, 2.24) is 4.98 Å². The van der Waals surface area contributed by atoms with E-state index in [0.29, 0.717) is 5.15 Å². The highest BCUT2D eigenvalue weighted by atomic mass is 35.5. The number of aryl methyl sites for hydroxylation is 1. The van der Waals surface area contributed by atoms with Crippen molar-refractivity contribution in [1.29, 1.82) is 0 Å². The second kappa shape index (κ2) is 5.51. The van der Waals surface area contributed by atoms with Gasteiger partial charge in [-0.3, -0.25) is 0 Å². The summed E-state index contributed by atoms with van der Waals surface area (Å²) in [7, 11) is 0. The first-order valence-corrected chi connectivity index (χ1v) is 5.85. The summed E-state index contributed by atoms with van der Waals surface area (Å²) in [6.07, 6.45) is 4.32. The standard InChI is InChI=1S/C10H14ClNS/c1-3-4-5-13-9-6-10(11)12-7-8(9)2/h6-7H,3-5H2,1-2H3. The minimum Gasteiger partial charge on any atom is -0.244 e. The molecule has 1 nitrogen and oxygen atoms in total. The van der Waals surface area contributed by atoms with E-state index in [9.17, 15) is 0 Å². The lowest BCUT2D eigenvalue weighted by Gasteiger charge is -2.04. The first-order valence-electron chi connectivity index (χ1n) is 4.49. The first kappa shape index (κ1) is 10.9. The summed E-state index contributed by atoms with van der Waals surface area (Å²) in [5.41, 5.74) is 1.21. The van der Waals surface area contributed by atoms with E-state index in [2.05, 4.69) is 18.8 Å². The highest BCUT2D eigenvalue weighted by Crippen LogP contribution is 2.24. The third-order valence-corrected chi connectivity index (χ3v) is 3.23. The van der Waals surface area contributed by atoms with E-state index < -0.39 is 0 Å². The Labute approximate surface area is 88.9 Å². The minimum atomic E-state index is 0.588. The fourth-order valence-electron chi connectivity index (χ4n) is 0.963. The van der Waals surface area contributed by atoms with Crippen LogP contribution in [0.5, 0.6) is 0 Å². The molecule has 1 aromatic heterocycles. The molecule has 0 unspecified atom stereocenters. The van der Waals surface area contributed by atoms with Gasteiger partial charge in [-0.15, -0.1) is 11.8 Å². The normalized spacial score (nSPS) is 10.4. The summed E-state index contributed by atoms with van der Waals surface area (Å²) in [6, 6.07) is 1.94. The largest absolute Gasteiger partial charge is 0.244 e. The molecule has 0 radical (unpaired) electrons. The van der Waals surface area contributed by atoms with Crippen molar-refractivity contribution in [3.8, 4) is 0 Å². The van der Waals surface area contributed by atoms with Gasteiger partial charge in [-0.1, -0.05) is 24.9 Å². The Hall–Kier alpha value is -0.210. The summed E-state index contributed by atoms with van der Waals surface area (Å²) in [5, 5.41) is 0.588. The van der Waals surface area contributed by atoms with Gasteiger partial charge in [0, 0.05) is 11.1 Å². The molecule has 0 aliphatic rings. The van der Waals surface area contributed by atoms with Gasteiger partial charge >= 0.3 is 0 Å². The predicted octanol–water partition coefficient (Wildman–Crippen LogP) is 3.94. The Morgan fingerprint density at radius 2 is 2.31 bits per heavy atom. The maximum absolute atomic E-state index is 5.81. The maximum Gasteiger partial charge on any atom is 0.130 e. The number of halogens is 1. The van der Waals surface area contributed by atoms with E-state index in [1.54, 1.807) is 0 Å². The second-order valence-corrected chi connectivity index (χ2v) is 4.50. The van der Waals surface area contributed by atoms with Gasteiger partial charge < -0.3 is 0 Å². The number of hydrogen-bond acceptors (Lipinski definition) is 2. The third kappa shape index (κ3) is 3.57. The summed E-state index contributed by atoms with van der Waals surface area (Å²) in [5.74, 6) is 1.16. The lowest BCUT2D eigenvalue weighted by molar-refractivity contribution is 0.896. The molecule has 0 saturated heterocycles. The summed E-state index contributed by atoms with van der Waals surface area (Å²) in [6.45, 7) is 4.27. The Morgan fingerprint density at radius 3 is 3.00 bits per heavy atom. The molecule has 0 atom stereocenters. The number of rotatable bonds is 4. The zero-order valence-corrected chi connectivity index (χ0v) is 9.58. The van der Waals surface area contributed by atoms with E-state index in [1.165, 1.54) is 23.3 Å². The molecule has 0 fully saturated rings. The molecule has 0 aliphatic heterocycles. The zero-order chi connectivity index (χ0) is 9.68. The van der Waals surface area contributed by atoms with Crippen LogP contribution in [-0.4, -0.2) is 10.7 Å². The van der Waals surface area contributed by atoms with E-state index in [-0.39, 0.29) is 0 Å². The van der Waals surface area contributed by atoms with Crippen molar-refractivity contribution in [2.75, 3.05) is 5.75 Å². The van der Waals surface area contributed by atoms with Crippen LogP contribution in [0.15, 0.2) is 17.2 Å². The molecule has 1 rings (SSSR count). The number of thioether (sulfide) groups is 1. The van der Waals surface area contributed by atoms with Gasteiger partial charge in [0.1, 0.15) is 5.15 Å². The number of hydrogen-bond donors (Lipinski definition) is 0. The highest BCUT2D eigenvalue weighted by molar-refractivity contribution is 7.99. The molecule has 1 aromatic rings. The van der Waals surface area contributed by atoms with E-state index >= 15 is 0 Å². The lowest BCUT2D eigenvalue weighted by atomic mass is 10.3. The van der Waals surface area contributed by atoms with Crippen LogP contribution < -0.4 is 0 Å². The quantitative estimate of drug-likeness (QED) is 0.429. The topological polar surface area (TPSA) is 12.9 Å². The number of pyridine rings is 1. The Balaban J connectivity index is 2.59. The summed E-state index contributed by atoms with van der Waals surface area (Å²) in [4.78, 5) is 5.28. The average Bonchev–Trinajstić information content (AvgIpc) is 2.11. The van der Waals surface area contributed by atoms with Crippen LogP contribution in [0.3, 0.4) is 0 Å². The monoisotopic (exact) mass is 215 g/mol. The van der Waals surface area contributed by atoms with Crippen LogP contribution in [0.4, 0.5) is 0 Å². The van der Waals surface area contributed by atoms with Gasteiger partial charge in [-0.05, 0) is 30.7 Å². The Kier molecular flexibility index (Phi) is 4.60. The molecule has 0 aliphatic carbocycles. The highest BCUT2D eigenvalue weighted by Gasteiger charge is 2.00. The summed E-state index contributed by atoms with van der Waals surface area (Å²) < 4.78 is 0. The Morgan fingerprint density at radius 1 is 1.54 bits per heavy atom. The van der Waals surface area contributed by atoms with Gasteiger partial charge in [0.25, 0.3) is 0 Å². The van der Waals surface area contributed by atoms with Gasteiger partial charge in [0.15, 0.2) is 0 Å². The van der Waals surface area contributed by atoms with E-state index in [1.807, 2.05) is 24.0 Å². The minimum absolute atomic E-state index is 0.588. The second-order valence-electron chi connectivity index (χ2n) is 2.97. The van der Waals surface area contributed by atoms with Crippen LogP contribution in [0, 0.1) is 6.92 Å². The number of aromatic nitrogens is 1. The van der Waals surface area contributed by atoms with Crippen LogP contribution in [0.1, 0.15) is 25.3 Å². The summed E-state index contributed by atoms with van der Waals surface area (Å²) >= 11 is 7.67. The fourth-order valence-corrected chi connectivity index (χ4v) is 2.31. The van der Waals surface area contributed by atoms with E-state index in [0.717, 1.165) is 5.75 Å². The molecular formula is C10H14ClNS. The molecule has 0 bridgehead atoms. The third-order valence-electron chi connectivity index (χ3n) is 1.78. The molecule has 0 amide bonds. The molecule has 1 heterocycles.